The number of nitrogens with zero attached hydrogens (tertiary/aromatic N) is 1. The number of thiophene rings is 1. The van der Waals surface area contributed by atoms with Crippen molar-refractivity contribution in [3.05, 3.63) is 17.0 Å². The zero-order valence-electron chi connectivity index (χ0n) is 10.3. The molecule has 2 atom stereocenters. The van der Waals surface area contributed by atoms with E-state index in [1.165, 1.54) is 11.3 Å². The Hall–Kier alpha value is -0.430. The lowest BCUT2D eigenvalue weighted by atomic mass is 10.2. The van der Waals surface area contributed by atoms with E-state index in [1.54, 1.807) is 10.4 Å². The average molecular weight is 287 g/mol. The van der Waals surface area contributed by atoms with Gasteiger partial charge in [-0.15, -0.1) is 11.3 Å². The number of ether oxygens (including phenoxy) is 1. The quantitative estimate of drug-likeness (QED) is 0.836. The molecule has 4 nitrogen and oxygen atoms in total. The molecule has 1 aliphatic carbocycles. The van der Waals surface area contributed by atoms with Crippen molar-refractivity contribution in [2.75, 3.05) is 13.2 Å². The highest BCUT2D eigenvalue weighted by Gasteiger charge is 2.42. The Kier molecular flexibility index (Phi) is 3.21. The average Bonchev–Trinajstić information content (AvgIpc) is 2.96. The minimum Gasteiger partial charge on any atom is -0.375 e. The lowest BCUT2D eigenvalue weighted by Crippen LogP contribution is -2.50. The van der Waals surface area contributed by atoms with E-state index in [0.717, 1.165) is 24.1 Å². The highest BCUT2D eigenvalue weighted by atomic mass is 32.2. The van der Waals surface area contributed by atoms with Crippen molar-refractivity contribution in [1.82, 2.24) is 4.31 Å². The van der Waals surface area contributed by atoms with Crippen LogP contribution in [0.3, 0.4) is 0 Å². The van der Waals surface area contributed by atoms with Crippen molar-refractivity contribution >= 4 is 21.4 Å². The van der Waals surface area contributed by atoms with Gasteiger partial charge in [0.25, 0.3) is 10.0 Å². The maximum atomic E-state index is 12.6. The highest BCUT2D eigenvalue weighted by molar-refractivity contribution is 7.91. The SMILES string of the molecule is Cc1ccc(S(=O)(=O)N2CCOC3CCCC32)s1. The van der Waals surface area contributed by atoms with E-state index < -0.39 is 10.0 Å². The highest BCUT2D eigenvalue weighted by Crippen LogP contribution is 2.34. The molecule has 0 aromatic carbocycles. The topological polar surface area (TPSA) is 46.6 Å². The van der Waals surface area contributed by atoms with Gasteiger partial charge < -0.3 is 4.74 Å². The number of fused-ring (bicyclic) bond motifs is 1. The van der Waals surface area contributed by atoms with Crippen LogP contribution in [0, 0.1) is 6.92 Å². The summed E-state index contributed by atoms with van der Waals surface area (Å²) in [6.45, 7) is 2.94. The number of aryl methyl sites for hydroxylation is 1. The van der Waals surface area contributed by atoms with E-state index in [9.17, 15) is 8.42 Å². The number of hydrogen-bond acceptors (Lipinski definition) is 4. The summed E-state index contributed by atoms with van der Waals surface area (Å²) in [4.78, 5) is 1.03. The summed E-state index contributed by atoms with van der Waals surface area (Å²) in [5.74, 6) is 0. The molecule has 3 rings (SSSR count). The second kappa shape index (κ2) is 4.59. The molecule has 6 heteroatoms. The molecule has 2 heterocycles. The molecule has 1 aromatic heterocycles. The lowest BCUT2D eigenvalue weighted by Gasteiger charge is -2.36. The van der Waals surface area contributed by atoms with Gasteiger partial charge >= 0.3 is 0 Å². The van der Waals surface area contributed by atoms with Crippen molar-refractivity contribution < 1.29 is 13.2 Å². The standard InChI is InChI=1S/C12H17NO3S2/c1-9-5-6-12(17-9)18(14,15)13-7-8-16-11-4-2-3-10(11)13/h5-6,10-11H,2-4,7-8H2,1H3. The van der Waals surface area contributed by atoms with Crippen molar-refractivity contribution in [3.63, 3.8) is 0 Å². The van der Waals surface area contributed by atoms with E-state index in [4.69, 9.17) is 4.74 Å². The van der Waals surface area contributed by atoms with Crippen molar-refractivity contribution in [3.8, 4) is 0 Å². The van der Waals surface area contributed by atoms with Gasteiger partial charge in [0, 0.05) is 11.4 Å². The summed E-state index contributed by atoms with van der Waals surface area (Å²) >= 11 is 1.35. The van der Waals surface area contributed by atoms with Crippen molar-refractivity contribution in [2.24, 2.45) is 0 Å². The van der Waals surface area contributed by atoms with Crippen LogP contribution in [-0.2, 0) is 14.8 Å². The largest absolute Gasteiger partial charge is 0.375 e. The molecule has 100 valence electrons. The molecule has 2 fully saturated rings. The van der Waals surface area contributed by atoms with Crippen LogP contribution < -0.4 is 0 Å². The lowest BCUT2D eigenvalue weighted by molar-refractivity contribution is -0.0241. The molecule has 0 amide bonds. The van der Waals surface area contributed by atoms with Gasteiger partial charge in [-0.25, -0.2) is 8.42 Å². The Morgan fingerprint density at radius 1 is 1.39 bits per heavy atom. The first-order valence-electron chi connectivity index (χ1n) is 6.29. The summed E-state index contributed by atoms with van der Waals surface area (Å²) in [5, 5.41) is 0. The van der Waals surface area contributed by atoms with Gasteiger partial charge in [0.15, 0.2) is 0 Å². The van der Waals surface area contributed by atoms with Gasteiger partial charge in [-0.1, -0.05) is 0 Å². The van der Waals surface area contributed by atoms with Gasteiger partial charge in [0.1, 0.15) is 4.21 Å². The summed E-state index contributed by atoms with van der Waals surface area (Å²) in [6.07, 6.45) is 3.08. The first kappa shape index (κ1) is 12.6. The van der Waals surface area contributed by atoms with Crippen LogP contribution in [0.4, 0.5) is 0 Å². The van der Waals surface area contributed by atoms with Crippen molar-refractivity contribution in [1.29, 1.82) is 0 Å². The van der Waals surface area contributed by atoms with E-state index in [2.05, 4.69) is 0 Å². The molecule has 1 aliphatic heterocycles. The molecule has 2 unspecified atom stereocenters. The monoisotopic (exact) mass is 287 g/mol. The maximum Gasteiger partial charge on any atom is 0.252 e. The second-order valence-electron chi connectivity index (χ2n) is 4.89. The first-order valence-corrected chi connectivity index (χ1v) is 8.54. The zero-order valence-corrected chi connectivity index (χ0v) is 12.0. The van der Waals surface area contributed by atoms with Crippen molar-refractivity contribution in [2.45, 2.75) is 42.5 Å². The van der Waals surface area contributed by atoms with Crippen LogP contribution in [0.25, 0.3) is 0 Å². The first-order chi connectivity index (χ1) is 8.59. The van der Waals surface area contributed by atoms with Crippen LogP contribution in [-0.4, -0.2) is 38.0 Å². The van der Waals surface area contributed by atoms with Gasteiger partial charge in [-0.2, -0.15) is 4.31 Å². The Balaban J connectivity index is 1.93. The predicted molar refractivity (Wildman–Crippen MR) is 70.3 cm³/mol. The molecular formula is C12H17NO3S2. The summed E-state index contributed by atoms with van der Waals surface area (Å²) in [7, 11) is -3.32. The minimum absolute atomic E-state index is 0.0474. The summed E-state index contributed by atoms with van der Waals surface area (Å²) in [6, 6.07) is 3.63. The summed E-state index contributed by atoms with van der Waals surface area (Å²) < 4.78 is 33.0. The predicted octanol–water partition coefficient (Wildman–Crippen LogP) is 2.00. The third kappa shape index (κ3) is 2.01. The van der Waals surface area contributed by atoms with Crippen LogP contribution in [0.1, 0.15) is 24.1 Å². The number of morpholine rings is 1. The molecule has 1 aromatic rings. The normalized spacial score (nSPS) is 29.4. The summed E-state index contributed by atoms with van der Waals surface area (Å²) in [5.41, 5.74) is 0. The van der Waals surface area contributed by atoms with E-state index in [1.807, 2.05) is 13.0 Å². The van der Waals surface area contributed by atoms with Crippen LogP contribution >= 0.6 is 11.3 Å². The molecule has 2 aliphatic rings. The number of rotatable bonds is 2. The van der Waals surface area contributed by atoms with E-state index >= 15 is 0 Å². The number of sulfonamides is 1. The van der Waals surface area contributed by atoms with Gasteiger partial charge in [0.2, 0.25) is 0 Å². The zero-order chi connectivity index (χ0) is 12.8. The van der Waals surface area contributed by atoms with Gasteiger partial charge in [0.05, 0.1) is 18.8 Å². The van der Waals surface area contributed by atoms with Gasteiger partial charge in [-0.3, -0.25) is 0 Å². The Labute approximate surface area is 112 Å². The molecule has 1 saturated carbocycles. The van der Waals surface area contributed by atoms with Crippen LogP contribution in [0.15, 0.2) is 16.3 Å². The fourth-order valence-corrected chi connectivity index (χ4v) is 5.93. The second-order valence-corrected chi connectivity index (χ2v) is 8.29. The fourth-order valence-electron chi connectivity index (χ4n) is 2.85. The molecular weight excluding hydrogens is 270 g/mol. The van der Waals surface area contributed by atoms with Crippen LogP contribution in [0.5, 0.6) is 0 Å². The van der Waals surface area contributed by atoms with E-state index in [0.29, 0.717) is 17.4 Å². The third-order valence-corrected chi connectivity index (χ3v) is 7.10. The Morgan fingerprint density at radius 3 is 2.94 bits per heavy atom. The van der Waals surface area contributed by atoms with Crippen LogP contribution in [0.2, 0.25) is 0 Å². The fraction of sp³-hybridized carbons (Fsp3) is 0.667. The van der Waals surface area contributed by atoms with E-state index in [-0.39, 0.29) is 12.1 Å². The maximum absolute atomic E-state index is 12.6. The molecule has 0 spiro atoms. The molecule has 1 saturated heterocycles. The Morgan fingerprint density at radius 2 is 2.22 bits per heavy atom. The third-order valence-electron chi connectivity index (χ3n) is 3.71. The number of hydrogen-bond donors (Lipinski definition) is 0. The van der Waals surface area contributed by atoms with Gasteiger partial charge in [-0.05, 0) is 38.3 Å². The Bertz CT molecular complexity index is 537. The molecule has 18 heavy (non-hydrogen) atoms. The minimum atomic E-state index is -3.32. The molecule has 0 radical (unpaired) electrons. The smallest absolute Gasteiger partial charge is 0.252 e. The molecule has 0 bridgehead atoms. The molecule has 0 N–H and O–H groups in total.